The molecule has 3 N–H and O–H groups in total. The molecule has 0 spiro atoms. The summed E-state index contributed by atoms with van der Waals surface area (Å²) in [5.41, 5.74) is 1.72. The van der Waals surface area contributed by atoms with Crippen molar-refractivity contribution in [3.8, 4) is 5.75 Å². The average molecular weight is 391 g/mol. The zero-order valence-corrected chi connectivity index (χ0v) is 16.6. The first-order valence-corrected chi connectivity index (χ1v) is 10.4. The van der Waals surface area contributed by atoms with E-state index in [0.717, 1.165) is 12.0 Å². The Morgan fingerprint density at radius 1 is 1.15 bits per heavy atom. The molecule has 0 aliphatic rings. The van der Waals surface area contributed by atoms with Crippen molar-refractivity contribution in [2.24, 2.45) is 5.14 Å². The Labute approximate surface area is 160 Å². The number of primary sulfonamides is 1. The number of nitrogens with one attached hydrogen (secondary N) is 1. The number of rotatable bonds is 8. The van der Waals surface area contributed by atoms with Crippen molar-refractivity contribution in [3.63, 3.8) is 0 Å². The highest BCUT2D eigenvalue weighted by atomic mass is 32.2. The Balaban J connectivity index is 2.01. The van der Waals surface area contributed by atoms with E-state index in [0.29, 0.717) is 17.2 Å². The van der Waals surface area contributed by atoms with Crippen LogP contribution in [-0.2, 0) is 14.8 Å². The normalized spacial score (nSPS) is 13.6. The highest BCUT2D eigenvalue weighted by Crippen LogP contribution is 2.28. The van der Waals surface area contributed by atoms with Gasteiger partial charge in [0.25, 0.3) is 5.91 Å². The molecule has 0 aromatic heterocycles. The van der Waals surface area contributed by atoms with Crippen molar-refractivity contribution < 1.29 is 17.9 Å². The fourth-order valence-corrected chi connectivity index (χ4v) is 3.28. The summed E-state index contributed by atoms with van der Waals surface area (Å²) in [7, 11) is -3.79. The minimum atomic E-state index is -3.79. The molecule has 0 heterocycles. The van der Waals surface area contributed by atoms with E-state index < -0.39 is 10.0 Å². The van der Waals surface area contributed by atoms with Crippen LogP contribution in [0.1, 0.15) is 50.3 Å². The molecule has 2 aromatic carbocycles. The van der Waals surface area contributed by atoms with E-state index in [9.17, 15) is 13.2 Å². The van der Waals surface area contributed by atoms with E-state index in [-0.39, 0.29) is 23.5 Å². The Kier molecular flexibility index (Phi) is 6.98. The molecule has 7 heteroatoms. The van der Waals surface area contributed by atoms with Crippen molar-refractivity contribution in [2.75, 3.05) is 6.61 Å². The number of hydrogen-bond donors (Lipinski definition) is 2. The van der Waals surface area contributed by atoms with Crippen LogP contribution in [0.2, 0.25) is 0 Å². The van der Waals surface area contributed by atoms with Gasteiger partial charge in [0, 0.05) is 0 Å². The van der Waals surface area contributed by atoms with Gasteiger partial charge in [0.2, 0.25) is 10.0 Å². The third-order valence-electron chi connectivity index (χ3n) is 4.49. The van der Waals surface area contributed by atoms with Gasteiger partial charge in [-0.15, -0.1) is 0 Å². The zero-order chi connectivity index (χ0) is 20.0. The van der Waals surface area contributed by atoms with Crippen LogP contribution in [0.5, 0.6) is 5.75 Å². The van der Waals surface area contributed by atoms with Crippen LogP contribution in [0.25, 0.3) is 0 Å². The van der Waals surface area contributed by atoms with E-state index in [1.807, 2.05) is 24.3 Å². The topological polar surface area (TPSA) is 98.5 Å². The van der Waals surface area contributed by atoms with Crippen LogP contribution >= 0.6 is 0 Å². The summed E-state index contributed by atoms with van der Waals surface area (Å²) in [6, 6.07) is 13.5. The van der Waals surface area contributed by atoms with Gasteiger partial charge in [-0.1, -0.05) is 44.2 Å². The van der Waals surface area contributed by atoms with Crippen molar-refractivity contribution in [1.82, 2.24) is 5.32 Å². The molecule has 0 saturated carbocycles. The van der Waals surface area contributed by atoms with Gasteiger partial charge in [0.15, 0.2) is 6.61 Å². The molecule has 0 bridgehead atoms. The smallest absolute Gasteiger partial charge is 0.258 e. The maximum absolute atomic E-state index is 12.3. The SMILES string of the molecule is CCC(C)c1ccccc1OCC(=O)NC(C)c1cccc(S(N)(=O)=O)c1. The first kappa shape index (κ1) is 20.9. The van der Waals surface area contributed by atoms with Gasteiger partial charge in [0.05, 0.1) is 10.9 Å². The lowest BCUT2D eigenvalue weighted by Crippen LogP contribution is -2.31. The summed E-state index contributed by atoms with van der Waals surface area (Å²) in [5.74, 6) is 0.748. The first-order valence-electron chi connectivity index (χ1n) is 8.86. The van der Waals surface area contributed by atoms with E-state index in [2.05, 4.69) is 19.2 Å². The van der Waals surface area contributed by atoms with E-state index in [4.69, 9.17) is 9.88 Å². The molecule has 2 unspecified atom stereocenters. The van der Waals surface area contributed by atoms with Crippen molar-refractivity contribution in [1.29, 1.82) is 0 Å². The quantitative estimate of drug-likeness (QED) is 0.723. The van der Waals surface area contributed by atoms with Crippen LogP contribution in [-0.4, -0.2) is 20.9 Å². The van der Waals surface area contributed by atoms with Gasteiger partial charge < -0.3 is 10.1 Å². The van der Waals surface area contributed by atoms with E-state index >= 15 is 0 Å². The van der Waals surface area contributed by atoms with Gasteiger partial charge in [-0.3, -0.25) is 4.79 Å². The Bertz CT molecular complexity index is 896. The first-order chi connectivity index (χ1) is 12.7. The van der Waals surface area contributed by atoms with Crippen molar-refractivity contribution in [3.05, 3.63) is 59.7 Å². The average Bonchev–Trinajstić information content (AvgIpc) is 2.65. The summed E-state index contributed by atoms with van der Waals surface area (Å²) >= 11 is 0. The Morgan fingerprint density at radius 3 is 2.52 bits per heavy atom. The lowest BCUT2D eigenvalue weighted by Gasteiger charge is -2.17. The molecule has 1 amide bonds. The van der Waals surface area contributed by atoms with E-state index in [1.54, 1.807) is 19.1 Å². The molecule has 2 aromatic rings. The highest BCUT2D eigenvalue weighted by molar-refractivity contribution is 7.89. The minimum Gasteiger partial charge on any atom is -0.483 e. The number of benzene rings is 2. The third-order valence-corrected chi connectivity index (χ3v) is 5.40. The summed E-state index contributed by atoms with van der Waals surface area (Å²) < 4.78 is 28.7. The number of carbonyl (C=O) groups is 1. The molecule has 2 atom stereocenters. The molecule has 0 aliphatic carbocycles. The highest BCUT2D eigenvalue weighted by Gasteiger charge is 2.15. The molecule has 0 fully saturated rings. The molecule has 146 valence electrons. The number of carbonyl (C=O) groups excluding carboxylic acids is 1. The number of hydrogen-bond acceptors (Lipinski definition) is 4. The van der Waals surface area contributed by atoms with Gasteiger partial charge in [0.1, 0.15) is 5.75 Å². The molecule has 27 heavy (non-hydrogen) atoms. The predicted octanol–water partition coefficient (Wildman–Crippen LogP) is 3.10. The van der Waals surface area contributed by atoms with Gasteiger partial charge in [-0.25, -0.2) is 13.6 Å². The number of ether oxygens (including phenoxy) is 1. The van der Waals surface area contributed by atoms with Crippen LogP contribution in [0.15, 0.2) is 53.4 Å². The van der Waals surface area contributed by atoms with Crippen LogP contribution in [0.3, 0.4) is 0 Å². The Hall–Kier alpha value is -2.38. The second kappa shape index (κ2) is 9.01. The molecule has 6 nitrogen and oxygen atoms in total. The predicted molar refractivity (Wildman–Crippen MR) is 105 cm³/mol. The molecule has 0 radical (unpaired) electrons. The zero-order valence-electron chi connectivity index (χ0n) is 15.8. The van der Waals surface area contributed by atoms with E-state index in [1.165, 1.54) is 12.1 Å². The molecule has 2 rings (SSSR count). The van der Waals surface area contributed by atoms with Crippen molar-refractivity contribution in [2.45, 2.75) is 44.0 Å². The van der Waals surface area contributed by atoms with Gasteiger partial charge in [-0.05, 0) is 48.6 Å². The third kappa shape index (κ3) is 5.80. The maximum atomic E-state index is 12.3. The van der Waals surface area contributed by atoms with Gasteiger partial charge in [-0.2, -0.15) is 0 Å². The van der Waals surface area contributed by atoms with Gasteiger partial charge >= 0.3 is 0 Å². The maximum Gasteiger partial charge on any atom is 0.258 e. The summed E-state index contributed by atoms with van der Waals surface area (Å²) in [4.78, 5) is 12.3. The fraction of sp³-hybridized carbons (Fsp3) is 0.350. The summed E-state index contributed by atoms with van der Waals surface area (Å²) in [5, 5.41) is 7.96. The fourth-order valence-electron chi connectivity index (χ4n) is 2.71. The van der Waals surface area contributed by atoms with Crippen LogP contribution in [0, 0.1) is 0 Å². The number of para-hydroxylation sites is 1. The number of sulfonamides is 1. The monoisotopic (exact) mass is 390 g/mol. The number of amides is 1. The van der Waals surface area contributed by atoms with Crippen LogP contribution in [0.4, 0.5) is 0 Å². The molecular weight excluding hydrogens is 364 g/mol. The number of nitrogens with two attached hydrogens (primary N) is 1. The largest absolute Gasteiger partial charge is 0.483 e. The van der Waals surface area contributed by atoms with Crippen LogP contribution < -0.4 is 15.2 Å². The molecular formula is C20H26N2O4S. The molecule has 0 saturated heterocycles. The lowest BCUT2D eigenvalue weighted by molar-refractivity contribution is -0.123. The standard InChI is InChI=1S/C20H26N2O4S/c1-4-14(2)18-10-5-6-11-19(18)26-13-20(23)22-15(3)16-8-7-9-17(12-16)27(21,24)25/h5-12,14-15H,4,13H2,1-3H3,(H,22,23)(H2,21,24,25). The second-order valence-electron chi connectivity index (χ2n) is 6.54. The Morgan fingerprint density at radius 2 is 1.85 bits per heavy atom. The second-order valence-corrected chi connectivity index (χ2v) is 8.10. The molecule has 0 aliphatic heterocycles. The summed E-state index contributed by atoms with van der Waals surface area (Å²) in [6.45, 7) is 5.87. The minimum absolute atomic E-state index is 0.0137. The lowest BCUT2D eigenvalue weighted by atomic mass is 9.98. The van der Waals surface area contributed by atoms with Crippen molar-refractivity contribution >= 4 is 15.9 Å². The summed E-state index contributed by atoms with van der Waals surface area (Å²) in [6.07, 6.45) is 0.976.